The van der Waals surface area contributed by atoms with Gasteiger partial charge in [-0.05, 0) is 26.2 Å². The van der Waals surface area contributed by atoms with E-state index < -0.39 is 0 Å². The zero-order valence-corrected chi connectivity index (χ0v) is 10.2. The van der Waals surface area contributed by atoms with E-state index in [2.05, 4.69) is 5.32 Å². The molecule has 0 heterocycles. The molecule has 94 valence electrons. The average Bonchev–Trinajstić information content (AvgIpc) is 2.73. The van der Waals surface area contributed by atoms with E-state index in [0.29, 0.717) is 13.0 Å². The fourth-order valence-electron chi connectivity index (χ4n) is 2.25. The molecule has 1 atom stereocenters. The van der Waals surface area contributed by atoms with E-state index in [1.54, 1.807) is 0 Å². The van der Waals surface area contributed by atoms with E-state index in [4.69, 9.17) is 5.73 Å². The minimum absolute atomic E-state index is 0.0516. The van der Waals surface area contributed by atoms with Crippen LogP contribution < -0.4 is 11.1 Å². The Morgan fingerprint density at radius 1 is 1.50 bits per heavy atom. The molecule has 1 fully saturated rings. The van der Waals surface area contributed by atoms with E-state index in [9.17, 15) is 9.90 Å². The highest BCUT2D eigenvalue weighted by Gasteiger charge is 2.33. The highest BCUT2D eigenvalue weighted by molar-refractivity contribution is 5.75. The molecule has 0 aromatic heterocycles. The predicted molar refractivity (Wildman–Crippen MR) is 63.9 cm³/mol. The molecule has 0 radical (unpaired) electrons. The molecule has 1 amide bonds. The molecule has 1 rings (SSSR count). The van der Waals surface area contributed by atoms with Crippen molar-refractivity contribution in [3.05, 3.63) is 0 Å². The monoisotopic (exact) mass is 228 g/mol. The number of carbonyl (C=O) groups is 1. The van der Waals surface area contributed by atoms with Crippen LogP contribution in [0.15, 0.2) is 0 Å². The molecule has 4 heteroatoms. The topological polar surface area (TPSA) is 75.4 Å². The van der Waals surface area contributed by atoms with Crippen LogP contribution in [0.2, 0.25) is 0 Å². The molecule has 0 spiro atoms. The number of hydrogen-bond donors (Lipinski definition) is 3. The van der Waals surface area contributed by atoms with Crippen molar-refractivity contribution in [3.8, 4) is 0 Å². The number of aliphatic hydroxyl groups excluding tert-OH is 1. The van der Waals surface area contributed by atoms with Gasteiger partial charge in [0.15, 0.2) is 0 Å². The predicted octanol–water partition coefficient (Wildman–Crippen LogP) is 0.783. The Kier molecular flexibility index (Phi) is 5.22. The molecular formula is C12H24N2O2. The Morgan fingerprint density at radius 2 is 2.12 bits per heavy atom. The number of aliphatic hydroxyl groups is 1. The third-order valence-corrected chi connectivity index (χ3v) is 3.49. The number of rotatable bonds is 6. The van der Waals surface area contributed by atoms with Gasteiger partial charge in [-0.25, -0.2) is 0 Å². The Labute approximate surface area is 97.6 Å². The maximum absolute atomic E-state index is 11.5. The zero-order valence-electron chi connectivity index (χ0n) is 10.2. The smallest absolute Gasteiger partial charge is 0.220 e. The second-order valence-electron chi connectivity index (χ2n) is 5.16. The van der Waals surface area contributed by atoms with Crippen molar-refractivity contribution >= 4 is 5.91 Å². The van der Waals surface area contributed by atoms with Crippen molar-refractivity contribution in [1.82, 2.24) is 5.32 Å². The standard InChI is InChI=1S/C12H24N2O2/c1-10(13)4-5-11(16)14-8-12(9-15)6-2-3-7-12/h10,15H,2-9,13H2,1H3,(H,14,16). The maximum atomic E-state index is 11.5. The van der Waals surface area contributed by atoms with Crippen molar-refractivity contribution in [2.75, 3.05) is 13.2 Å². The van der Waals surface area contributed by atoms with Gasteiger partial charge in [-0.1, -0.05) is 12.8 Å². The van der Waals surface area contributed by atoms with Crippen LogP contribution in [0, 0.1) is 5.41 Å². The van der Waals surface area contributed by atoms with E-state index in [1.807, 2.05) is 6.92 Å². The summed E-state index contributed by atoms with van der Waals surface area (Å²) in [7, 11) is 0. The van der Waals surface area contributed by atoms with Crippen LogP contribution in [0.3, 0.4) is 0 Å². The fraction of sp³-hybridized carbons (Fsp3) is 0.917. The SMILES string of the molecule is CC(N)CCC(=O)NCC1(CO)CCCC1. The minimum atomic E-state index is -0.0516. The zero-order chi connectivity index (χ0) is 12.0. The lowest BCUT2D eigenvalue weighted by atomic mass is 9.87. The largest absolute Gasteiger partial charge is 0.396 e. The normalized spacial score (nSPS) is 20.7. The van der Waals surface area contributed by atoms with Gasteiger partial charge in [-0.3, -0.25) is 4.79 Å². The van der Waals surface area contributed by atoms with Crippen LogP contribution in [0.5, 0.6) is 0 Å². The van der Waals surface area contributed by atoms with Crippen molar-refractivity contribution in [2.24, 2.45) is 11.1 Å². The molecule has 0 aliphatic heterocycles. The van der Waals surface area contributed by atoms with Crippen LogP contribution in [0.4, 0.5) is 0 Å². The summed E-state index contributed by atoms with van der Waals surface area (Å²) < 4.78 is 0. The molecule has 0 bridgehead atoms. The molecule has 1 saturated carbocycles. The van der Waals surface area contributed by atoms with Crippen LogP contribution in [0.1, 0.15) is 45.4 Å². The van der Waals surface area contributed by atoms with Crippen LogP contribution >= 0.6 is 0 Å². The summed E-state index contributed by atoms with van der Waals surface area (Å²) in [4.78, 5) is 11.5. The van der Waals surface area contributed by atoms with Crippen molar-refractivity contribution in [1.29, 1.82) is 0 Å². The number of nitrogens with two attached hydrogens (primary N) is 1. The Balaban J connectivity index is 2.24. The van der Waals surface area contributed by atoms with Crippen LogP contribution in [-0.4, -0.2) is 30.2 Å². The van der Waals surface area contributed by atoms with Gasteiger partial charge in [0, 0.05) is 24.4 Å². The molecule has 4 N–H and O–H groups in total. The fourth-order valence-corrected chi connectivity index (χ4v) is 2.25. The molecular weight excluding hydrogens is 204 g/mol. The first-order valence-corrected chi connectivity index (χ1v) is 6.21. The first kappa shape index (κ1) is 13.5. The second-order valence-corrected chi connectivity index (χ2v) is 5.16. The van der Waals surface area contributed by atoms with Crippen molar-refractivity contribution < 1.29 is 9.90 Å². The number of hydrogen-bond acceptors (Lipinski definition) is 3. The third kappa shape index (κ3) is 4.10. The summed E-state index contributed by atoms with van der Waals surface area (Å²) in [5, 5.41) is 12.3. The van der Waals surface area contributed by atoms with Gasteiger partial charge < -0.3 is 16.2 Å². The molecule has 16 heavy (non-hydrogen) atoms. The van der Waals surface area contributed by atoms with E-state index in [1.165, 1.54) is 0 Å². The first-order valence-electron chi connectivity index (χ1n) is 6.21. The molecule has 1 unspecified atom stereocenters. The molecule has 1 aliphatic carbocycles. The summed E-state index contributed by atoms with van der Waals surface area (Å²) in [6.45, 7) is 2.70. The molecule has 1 aliphatic rings. The maximum Gasteiger partial charge on any atom is 0.220 e. The van der Waals surface area contributed by atoms with Gasteiger partial charge in [0.25, 0.3) is 0 Å². The quantitative estimate of drug-likeness (QED) is 0.629. The van der Waals surface area contributed by atoms with Gasteiger partial charge in [0.05, 0.1) is 6.61 Å². The Hall–Kier alpha value is -0.610. The van der Waals surface area contributed by atoms with Gasteiger partial charge in [0.2, 0.25) is 5.91 Å². The van der Waals surface area contributed by atoms with E-state index >= 15 is 0 Å². The van der Waals surface area contributed by atoms with Crippen molar-refractivity contribution in [3.63, 3.8) is 0 Å². The average molecular weight is 228 g/mol. The number of amides is 1. The number of nitrogens with one attached hydrogen (secondary N) is 1. The highest BCUT2D eigenvalue weighted by Crippen LogP contribution is 2.36. The summed E-state index contributed by atoms with van der Waals surface area (Å²) in [5.41, 5.74) is 5.54. The highest BCUT2D eigenvalue weighted by atomic mass is 16.3. The van der Waals surface area contributed by atoms with E-state index in [-0.39, 0.29) is 24.0 Å². The lowest BCUT2D eigenvalue weighted by Gasteiger charge is -2.26. The summed E-state index contributed by atoms with van der Waals surface area (Å²) in [6, 6.07) is 0.0732. The van der Waals surface area contributed by atoms with Crippen LogP contribution in [-0.2, 0) is 4.79 Å². The van der Waals surface area contributed by atoms with Gasteiger partial charge in [-0.2, -0.15) is 0 Å². The van der Waals surface area contributed by atoms with Gasteiger partial charge in [0.1, 0.15) is 0 Å². The first-order chi connectivity index (χ1) is 7.58. The third-order valence-electron chi connectivity index (χ3n) is 3.49. The number of carbonyl (C=O) groups excluding carboxylic acids is 1. The van der Waals surface area contributed by atoms with Gasteiger partial charge in [-0.15, -0.1) is 0 Å². The minimum Gasteiger partial charge on any atom is -0.396 e. The molecule has 0 saturated heterocycles. The van der Waals surface area contributed by atoms with Gasteiger partial charge >= 0.3 is 0 Å². The molecule has 4 nitrogen and oxygen atoms in total. The lowest BCUT2D eigenvalue weighted by Crippen LogP contribution is -2.38. The molecule has 0 aromatic carbocycles. The summed E-state index contributed by atoms with van der Waals surface area (Å²) in [6.07, 6.45) is 5.58. The molecule has 0 aromatic rings. The Morgan fingerprint density at radius 3 is 2.62 bits per heavy atom. The second kappa shape index (κ2) is 6.21. The van der Waals surface area contributed by atoms with E-state index in [0.717, 1.165) is 32.1 Å². The summed E-state index contributed by atoms with van der Waals surface area (Å²) in [5.74, 6) is 0.0528. The van der Waals surface area contributed by atoms with Crippen LogP contribution in [0.25, 0.3) is 0 Å². The lowest BCUT2D eigenvalue weighted by molar-refractivity contribution is -0.121. The summed E-state index contributed by atoms with van der Waals surface area (Å²) >= 11 is 0. The Bertz CT molecular complexity index is 223. The van der Waals surface area contributed by atoms with Crippen molar-refractivity contribution in [2.45, 2.75) is 51.5 Å².